The number of benzene rings is 3. The molecule has 126 heavy (non-hydrogen) atoms. The second-order valence-corrected chi connectivity index (χ2v) is 33.3. The first-order valence-electron chi connectivity index (χ1n) is 39.0. The average Bonchev–Trinajstić information content (AvgIpc) is 1.68. The summed E-state index contributed by atoms with van der Waals surface area (Å²) in [6.07, 6.45) is 18.4. The number of rotatable bonds is 8. The monoisotopic (exact) mass is 1930 g/mol. The summed E-state index contributed by atoms with van der Waals surface area (Å²) in [5, 5.41) is 35.3. The van der Waals surface area contributed by atoms with E-state index in [1.165, 1.54) is 41.3 Å². The molecule has 3 aromatic carbocycles. The molecular formula is C89H89Br3ClF3N18O12. The Morgan fingerprint density at radius 1 is 0.524 bits per heavy atom. The number of halogens is 7. The van der Waals surface area contributed by atoms with Crippen LogP contribution in [0.15, 0.2) is 197 Å². The molecule has 0 radical (unpaired) electrons. The first kappa shape index (κ1) is 98.5. The third-order valence-corrected chi connectivity index (χ3v) is 18.8. The van der Waals surface area contributed by atoms with Crippen molar-refractivity contribution in [3.05, 3.63) is 258 Å². The molecule has 30 nitrogen and oxygen atoms in total. The molecule has 4 atom stereocenters. The number of carbonyl (C=O) groups is 4. The molecule has 11 aromatic rings. The summed E-state index contributed by atoms with van der Waals surface area (Å²) in [5.41, 5.74) is 9.00. The number of ether oxygens (including phenoxy) is 3. The van der Waals surface area contributed by atoms with Crippen LogP contribution in [0.5, 0.6) is 0 Å². The van der Waals surface area contributed by atoms with E-state index >= 15 is 0 Å². The van der Waals surface area contributed by atoms with Gasteiger partial charge in [0.05, 0.1) is 10.5 Å². The molecule has 656 valence electrons. The van der Waals surface area contributed by atoms with Gasteiger partial charge in [0, 0.05) is 81.2 Å². The Labute approximate surface area is 757 Å². The number of carbonyl (C=O) groups excluding carboxylic acids is 3. The molecule has 15 rings (SSSR count). The number of hydrogen-bond donors (Lipinski definition) is 4. The minimum Gasteiger partial charge on any atom is -0.480 e. The van der Waals surface area contributed by atoms with E-state index in [9.17, 15) is 32.3 Å². The van der Waals surface area contributed by atoms with Gasteiger partial charge in [-0.25, -0.2) is 32.3 Å². The quantitative estimate of drug-likeness (QED) is 0.0209. The molecule has 4 aliphatic rings. The number of likely N-dealkylation sites (tertiary alicyclic amines) is 3. The van der Waals surface area contributed by atoms with Crippen LogP contribution in [0.2, 0.25) is 0 Å². The van der Waals surface area contributed by atoms with Crippen LogP contribution in [0.3, 0.4) is 0 Å². The predicted octanol–water partition coefficient (Wildman–Crippen LogP) is 18.8. The van der Waals surface area contributed by atoms with Gasteiger partial charge in [0.2, 0.25) is 35.1 Å². The summed E-state index contributed by atoms with van der Waals surface area (Å²) in [7, 11) is 0. The number of carboxylic acids is 1. The fourth-order valence-electron chi connectivity index (χ4n) is 11.7. The zero-order valence-electron chi connectivity index (χ0n) is 69.8. The van der Waals surface area contributed by atoms with E-state index in [-0.39, 0.29) is 66.0 Å². The van der Waals surface area contributed by atoms with Crippen LogP contribution in [-0.4, -0.2) is 159 Å². The fraction of sp³-hybridized carbons (Fsp3) is 0.315. The Balaban J connectivity index is 0.000000191. The SMILES string of the molecule is C#Cc1cccc(F)c1.CC(C)(C)OC(=O)N1CCCC1C(=O)O.CC(C)(C)OC(=O)N1CCCC1c1nc(-c2ccc(Br)cn2)no1.CC(C)(C)OC(=O)N1CCCC1c1nc(-c2ccc(C#Cc3cccc(F)c3)cn2)no1.Cl.Fc1cccc(C#Cc2ccc(-c3noc(C4CCCN4)n3)nc2)c1.N/C(=N\O)c1ccc(Br)cn1.[C-]#[N+]c1ccc(Br)cn1. The Bertz CT molecular complexity index is 5700. The van der Waals surface area contributed by atoms with E-state index < -0.39 is 34.9 Å². The number of pyridine rings is 5. The minimum absolute atomic E-state index is 0. The molecule has 4 unspecified atom stereocenters. The van der Waals surface area contributed by atoms with Crippen molar-refractivity contribution in [1.29, 1.82) is 0 Å². The van der Waals surface area contributed by atoms with E-state index in [4.69, 9.17) is 56.8 Å². The number of nitrogens with two attached hydrogens (primary N) is 1. The number of nitrogens with one attached hydrogen (secondary N) is 1. The Kier molecular flexibility index (Phi) is 36.9. The maximum atomic E-state index is 13.3. The highest BCUT2D eigenvalue weighted by atomic mass is 79.9. The number of hydrogen-bond acceptors (Lipinski definition) is 24. The van der Waals surface area contributed by atoms with Gasteiger partial charge in [-0.2, -0.15) is 15.0 Å². The second kappa shape index (κ2) is 47.2. The van der Waals surface area contributed by atoms with Gasteiger partial charge in [-0.15, -0.1) is 23.8 Å². The Morgan fingerprint density at radius 3 is 1.29 bits per heavy atom. The van der Waals surface area contributed by atoms with Gasteiger partial charge in [-0.05, 0) is 277 Å². The zero-order chi connectivity index (χ0) is 90.4. The van der Waals surface area contributed by atoms with Gasteiger partial charge >= 0.3 is 24.2 Å². The molecule has 4 saturated heterocycles. The Morgan fingerprint density at radius 2 is 0.921 bits per heavy atom. The number of amides is 3. The summed E-state index contributed by atoms with van der Waals surface area (Å²) < 4.78 is 73.5. The van der Waals surface area contributed by atoms with Crippen molar-refractivity contribution in [2.45, 2.75) is 155 Å². The first-order chi connectivity index (χ1) is 59.6. The van der Waals surface area contributed by atoms with Crippen LogP contribution in [0.1, 0.15) is 183 Å². The van der Waals surface area contributed by atoms with Crippen LogP contribution in [-0.2, 0) is 19.0 Å². The average molecular weight is 1930 g/mol. The molecule has 3 amide bonds. The normalized spacial score (nSPS) is 15.5. The number of nitrogens with zero attached hydrogens (tertiary/aromatic N) is 16. The first-order valence-corrected chi connectivity index (χ1v) is 41.3. The smallest absolute Gasteiger partial charge is 0.411 e. The lowest BCUT2D eigenvalue weighted by Gasteiger charge is -2.27. The molecular weight excluding hydrogens is 1850 g/mol. The highest BCUT2D eigenvalue weighted by Gasteiger charge is 2.40. The fourth-order valence-corrected chi connectivity index (χ4v) is 12.4. The van der Waals surface area contributed by atoms with Gasteiger partial charge in [-0.3, -0.25) is 34.6 Å². The van der Waals surface area contributed by atoms with Crippen molar-refractivity contribution in [2.24, 2.45) is 10.9 Å². The van der Waals surface area contributed by atoms with E-state index in [0.29, 0.717) is 112 Å². The molecule has 37 heteroatoms. The minimum atomic E-state index is -0.960. The third-order valence-electron chi connectivity index (χ3n) is 17.4. The number of carboxylic acid groups (broad SMARTS) is 1. The molecule has 0 aliphatic carbocycles. The summed E-state index contributed by atoms with van der Waals surface area (Å²) in [5.74, 6) is 15.2. The number of terminal acetylenes is 1. The number of oxime groups is 1. The molecule has 4 aliphatic heterocycles. The summed E-state index contributed by atoms with van der Waals surface area (Å²) in [6, 6.07) is 34.8. The second-order valence-electron chi connectivity index (χ2n) is 30.5. The van der Waals surface area contributed by atoms with Gasteiger partial charge in [0.15, 0.2) is 5.84 Å². The predicted molar refractivity (Wildman–Crippen MR) is 473 cm³/mol. The third kappa shape index (κ3) is 31.7. The number of amidine groups is 1. The van der Waals surface area contributed by atoms with Gasteiger partial charge < -0.3 is 54.0 Å². The van der Waals surface area contributed by atoms with E-state index in [1.54, 1.807) is 146 Å². The lowest BCUT2D eigenvalue weighted by molar-refractivity contribution is -0.142. The molecule has 0 bridgehead atoms. The van der Waals surface area contributed by atoms with Crippen LogP contribution in [0, 0.1) is 60.0 Å². The molecule has 5 N–H and O–H groups in total. The summed E-state index contributed by atoms with van der Waals surface area (Å²) in [4.78, 5) is 88.9. The van der Waals surface area contributed by atoms with Gasteiger partial charge in [0.25, 0.3) is 5.82 Å². The van der Waals surface area contributed by atoms with Crippen molar-refractivity contribution in [2.75, 3.05) is 26.2 Å². The topological polar surface area (TPSA) is 382 Å². The van der Waals surface area contributed by atoms with Crippen molar-refractivity contribution >= 4 is 96.1 Å². The highest BCUT2D eigenvalue weighted by molar-refractivity contribution is 9.11. The van der Waals surface area contributed by atoms with Gasteiger partial charge in [0.1, 0.15) is 81.4 Å². The largest absolute Gasteiger partial charge is 0.480 e. The standard InChI is InChI=1S/C24H23FN4O3.C19H15FN4O.C16H19BrN4O3.C10H17NO4.C8H5F.C6H6BrN3O.C6H3BrN2.ClH/c1-24(2,3)31-23(30)29-13-5-8-20(29)22-27-21(28-32-22)19-12-11-17(15-26-19)10-9-16-6-4-7-18(25)14-16;20-15-4-1-3-13(11-15)6-7-14-8-9-16(22-12-14)18-23-19(25-24-18)17-5-2-10-21-17;1-16(2,3)23-15(22)21-8-4-5-12(21)14-19-13(20-24-14)11-7-6-10(17)9-18-11;1-10(2,3)15-9(14)11-6-4-5-7(11)8(12)13;1-2-7-4-3-5-8(9)6-7;7-4-1-2-5(9-3-4)6(8)10-11;1-8-6-3-2-5(7)4-9-6;/h4,6-7,11-12,14-15,20H,5,8,13H2,1-3H3;1,3-4,8-9,11-12,17,21H,2,5,10H2;6-7,9,12H,4-5,8H2,1-3H3;7H,4-6H2,1-3H3,(H,12,13);1,3-6H;1-3,11H,(H2,8,10);2-4H;1H. The summed E-state index contributed by atoms with van der Waals surface area (Å²) >= 11 is 9.76. The zero-order valence-corrected chi connectivity index (χ0v) is 75.4. The summed E-state index contributed by atoms with van der Waals surface area (Å²) in [6.45, 7) is 25.5. The van der Waals surface area contributed by atoms with Crippen LogP contribution in [0.25, 0.3) is 39.4 Å². The van der Waals surface area contributed by atoms with Crippen LogP contribution >= 0.6 is 60.2 Å². The van der Waals surface area contributed by atoms with Gasteiger partial charge in [-0.1, -0.05) is 81.1 Å². The van der Waals surface area contributed by atoms with E-state index in [1.807, 2.05) is 53.7 Å². The molecule has 12 heterocycles. The van der Waals surface area contributed by atoms with Crippen LogP contribution in [0.4, 0.5) is 33.4 Å². The molecule has 4 fully saturated rings. The van der Waals surface area contributed by atoms with E-state index in [2.05, 4.69) is 148 Å². The number of aromatic nitrogens is 11. The van der Waals surface area contributed by atoms with Crippen molar-refractivity contribution in [1.82, 2.24) is 75.4 Å². The van der Waals surface area contributed by atoms with Crippen molar-refractivity contribution < 1.29 is 70.4 Å². The van der Waals surface area contributed by atoms with E-state index in [0.717, 1.165) is 70.5 Å². The maximum absolute atomic E-state index is 13.3. The lowest BCUT2D eigenvalue weighted by atomic mass is 10.2. The molecule has 0 saturated carbocycles. The molecule has 8 aromatic heterocycles. The maximum Gasteiger partial charge on any atom is 0.411 e. The van der Waals surface area contributed by atoms with Crippen molar-refractivity contribution in [3.8, 4) is 70.6 Å². The van der Waals surface area contributed by atoms with Crippen molar-refractivity contribution in [3.63, 3.8) is 0 Å². The molecule has 0 spiro atoms. The highest BCUT2D eigenvalue weighted by Crippen LogP contribution is 2.36. The number of aliphatic carboxylic acids is 1. The Hall–Kier alpha value is -13.0. The van der Waals surface area contributed by atoms with Crippen LogP contribution < -0.4 is 11.1 Å². The lowest BCUT2D eigenvalue weighted by Crippen LogP contribution is -2.43.